The minimum absolute atomic E-state index is 0.517. The van der Waals surface area contributed by atoms with E-state index in [1.54, 1.807) is 0 Å². The molecule has 96 valence electrons. The second-order valence-corrected chi connectivity index (χ2v) is 5.09. The van der Waals surface area contributed by atoms with Crippen molar-refractivity contribution in [3.05, 3.63) is 41.9 Å². The molecule has 1 aromatic heterocycles. The van der Waals surface area contributed by atoms with Gasteiger partial charge in [-0.3, -0.25) is 0 Å². The van der Waals surface area contributed by atoms with E-state index >= 15 is 0 Å². The Labute approximate surface area is 109 Å². The molecule has 0 saturated carbocycles. The third-order valence-electron chi connectivity index (χ3n) is 3.38. The number of aromatic amines is 1. The van der Waals surface area contributed by atoms with Gasteiger partial charge in [-0.05, 0) is 25.0 Å². The third kappa shape index (κ3) is 3.00. The van der Waals surface area contributed by atoms with Crippen molar-refractivity contribution in [2.24, 2.45) is 0 Å². The molecule has 18 heavy (non-hydrogen) atoms. The summed E-state index contributed by atoms with van der Waals surface area (Å²) in [5.41, 5.74) is 3.62. The van der Waals surface area contributed by atoms with Gasteiger partial charge in [-0.15, -0.1) is 0 Å². The zero-order valence-electron chi connectivity index (χ0n) is 11.5. The standard InChI is InChI=1S/C16H22N2/c1-4-5-8-13(3)16-17-11-15(18-16)14-9-6-7-12(2)10-14/h6-7,9-11,13H,4-5,8H2,1-3H3,(H,17,18). The predicted molar refractivity (Wildman–Crippen MR) is 76.7 cm³/mol. The maximum Gasteiger partial charge on any atom is 0.109 e. The van der Waals surface area contributed by atoms with Gasteiger partial charge in [-0.2, -0.15) is 0 Å². The Bertz CT molecular complexity index is 499. The smallest absolute Gasteiger partial charge is 0.109 e. The SMILES string of the molecule is CCCCC(C)c1ncc(-c2cccc(C)c2)[nH]1. The van der Waals surface area contributed by atoms with Crippen molar-refractivity contribution in [2.45, 2.75) is 46.0 Å². The number of imidazole rings is 1. The molecular formula is C16H22N2. The Morgan fingerprint density at radius 3 is 2.89 bits per heavy atom. The number of nitrogens with one attached hydrogen (secondary N) is 1. The summed E-state index contributed by atoms with van der Waals surface area (Å²) in [6, 6.07) is 8.52. The topological polar surface area (TPSA) is 28.7 Å². The van der Waals surface area contributed by atoms with Crippen LogP contribution in [0.5, 0.6) is 0 Å². The van der Waals surface area contributed by atoms with Crippen molar-refractivity contribution in [3.63, 3.8) is 0 Å². The van der Waals surface area contributed by atoms with Crippen molar-refractivity contribution in [3.8, 4) is 11.3 Å². The average Bonchev–Trinajstić information content (AvgIpc) is 2.85. The summed E-state index contributed by atoms with van der Waals surface area (Å²) in [4.78, 5) is 7.97. The van der Waals surface area contributed by atoms with Crippen LogP contribution in [0.15, 0.2) is 30.5 Å². The predicted octanol–water partition coefficient (Wildman–Crippen LogP) is 4.68. The lowest BCUT2D eigenvalue weighted by atomic mass is 10.0. The highest BCUT2D eigenvalue weighted by Gasteiger charge is 2.10. The Morgan fingerprint density at radius 2 is 2.17 bits per heavy atom. The largest absolute Gasteiger partial charge is 0.342 e. The Kier molecular flexibility index (Phi) is 4.19. The first kappa shape index (κ1) is 12.9. The number of nitrogens with zero attached hydrogens (tertiary/aromatic N) is 1. The van der Waals surface area contributed by atoms with Crippen LogP contribution in [0.3, 0.4) is 0 Å². The first-order valence-corrected chi connectivity index (χ1v) is 6.82. The minimum Gasteiger partial charge on any atom is -0.342 e. The van der Waals surface area contributed by atoms with Crippen LogP contribution in [-0.2, 0) is 0 Å². The normalized spacial score (nSPS) is 12.6. The van der Waals surface area contributed by atoms with Crippen molar-refractivity contribution >= 4 is 0 Å². The van der Waals surface area contributed by atoms with Crippen LogP contribution in [0.2, 0.25) is 0 Å². The molecule has 1 N–H and O–H groups in total. The van der Waals surface area contributed by atoms with Gasteiger partial charge >= 0.3 is 0 Å². The van der Waals surface area contributed by atoms with Crippen LogP contribution < -0.4 is 0 Å². The summed E-state index contributed by atoms with van der Waals surface area (Å²) in [5, 5.41) is 0. The van der Waals surface area contributed by atoms with E-state index in [2.05, 4.69) is 55.0 Å². The molecular weight excluding hydrogens is 220 g/mol. The molecule has 0 saturated heterocycles. The van der Waals surface area contributed by atoms with Gasteiger partial charge in [0.05, 0.1) is 11.9 Å². The zero-order valence-corrected chi connectivity index (χ0v) is 11.5. The number of rotatable bonds is 5. The van der Waals surface area contributed by atoms with Crippen molar-refractivity contribution in [1.29, 1.82) is 0 Å². The summed E-state index contributed by atoms with van der Waals surface area (Å²) >= 11 is 0. The third-order valence-corrected chi connectivity index (χ3v) is 3.38. The summed E-state index contributed by atoms with van der Waals surface area (Å²) < 4.78 is 0. The highest BCUT2D eigenvalue weighted by Crippen LogP contribution is 2.23. The molecule has 0 fully saturated rings. The Morgan fingerprint density at radius 1 is 1.33 bits per heavy atom. The highest BCUT2D eigenvalue weighted by atomic mass is 14.9. The van der Waals surface area contributed by atoms with E-state index in [0.29, 0.717) is 5.92 Å². The maximum absolute atomic E-state index is 4.52. The molecule has 0 aliphatic rings. The molecule has 0 spiro atoms. The lowest BCUT2D eigenvalue weighted by Crippen LogP contribution is -1.96. The quantitative estimate of drug-likeness (QED) is 0.810. The van der Waals surface area contributed by atoms with E-state index in [-0.39, 0.29) is 0 Å². The van der Waals surface area contributed by atoms with Crippen LogP contribution in [-0.4, -0.2) is 9.97 Å². The average molecular weight is 242 g/mol. The van der Waals surface area contributed by atoms with Crippen molar-refractivity contribution in [2.75, 3.05) is 0 Å². The second kappa shape index (κ2) is 5.85. The van der Waals surface area contributed by atoms with Crippen LogP contribution >= 0.6 is 0 Å². The molecule has 2 aromatic rings. The van der Waals surface area contributed by atoms with E-state index in [9.17, 15) is 0 Å². The molecule has 2 nitrogen and oxygen atoms in total. The van der Waals surface area contributed by atoms with E-state index in [4.69, 9.17) is 0 Å². The van der Waals surface area contributed by atoms with Gasteiger partial charge in [0.2, 0.25) is 0 Å². The highest BCUT2D eigenvalue weighted by molar-refractivity contribution is 5.59. The summed E-state index contributed by atoms with van der Waals surface area (Å²) in [6.45, 7) is 6.59. The van der Waals surface area contributed by atoms with Crippen LogP contribution in [0, 0.1) is 6.92 Å². The number of benzene rings is 1. The maximum atomic E-state index is 4.52. The molecule has 1 atom stereocenters. The van der Waals surface area contributed by atoms with Gasteiger partial charge in [-0.25, -0.2) is 4.98 Å². The Balaban J connectivity index is 2.15. The molecule has 1 aromatic carbocycles. The molecule has 2 heteroatoms. The molecule has 1 heterocycles. The minimum atomic E-state index is 0.517. The second-order valence-electron chi connectivity index (χ2n) is 5.09. The van der Waals surface area contributed by atoms with E-state index in [1.165, 1.54) is 30.4 Å². The van der Waals surface area contributed by atoms with Gasteiger partial charge in [0.1, 0.15) is 5.82 Å². The van der Waals surface area contributed by atoms with Gasteiger partial charge in [0.15, 0.2) is 0 Å². The number of hydrogen-bond acceptors (Lipinski definition) is 1. The molecule has 0 aliphatic heterocycles. The lowest BCUT2D eigenvalue weighted by molar-refractivity contribution is 0.601. The molecule has 0 aliphatic carbocycles. The summed E-state index contributed by atoms with van der Waals surface area (Å²) in [6.07, 6.45) is 5.67. The zero-order chi connectivity index (χ0) is 13.0. The number of hydrogen-bond donors (Lipinski definition) is 1. The molecule has 1 unspecified atom stereocenters. The van der Waals surface area contributed by atoms with E-state index in [0.717, 1.165) is 11.5 Å². The van der Waals surface area contributed by atoms with Crippen LogP contribution in [0.25, 0.3) is 11.3 Å². The summed E-state index contributed by atoms with van der Waals surface area (Å²) in [5.74, 6) is 1.63. The number of aryl methyl sites for hydroxylation is 1. The first-order valence-electron chi connectivity index (χ1n) is 6.82. The van der Waals surface area contributed by atoms with Gasteiger partial charge in [0, 0.05) is 5.92 Å². The molecule has 0 bridgehead atoms. The molecule has 0 radical (unpaired) electrons. The number of aromatic nitrogens is 2. The fourth-order valence-electron chi connectivity index (χ4n) is 2.19. The lowest BCUT2D eigenvalue weighted by Gasteiger charge is -2.07. The summed E-state index contributed by atoms with van der Waals surface area (Å²) in [7, 11) is 0. The Hall–Kier alpha value is -1.57. The van der Waals surface area contributed by atoms with Gasteiger partial charge < -0.3 is 4.98 Å². The van der Waals surface area contributed by atoms with E-state index < -0.39 is 0 Å². The number of unbranched alkanes of at least 4 members (excludes halogenated alkanes) is 1. The monoisotopic (exact) mass is 242 g/mol. The fraction of sp³-hybridized carbons (Fsp3) is 0.438. The first-order chi connectivity index (χ1) is 8.70. The van der Waals surface area contributed by atoms with Gasteiger partial charge in [0.25, 0.3) is 0 Å². The van der Waals surface area contributed by atoms with Crippen LogP contribution in [0.1, 0.15) is 50.4 Å². The van der Waals surface area contributed by atoms with Crippen LogP contribution in [0.4, 0.5) is 0 Å². The fourth-order valence-corrected chi connectivity index (χ4v) is 2.19. The number of H-pyrrole nitrogens is 1. The van der Waals surface area contributed by atoms with Crippen molar-refractivity contribution in [1.82, 2.24) is 9.97 Å². The molecule has 2 rings (SSSR count). The van der Waals surface area contributed by atoms with Gasteiger partial charge in [-0.1, -0.05) is 50.5 Å². The van der Waals surface area contributed by atoms with Crippen molar-refractivity contribution < 1.29 is 0 Å². The van der Waals surface area contributed by atoms with E-state index in [1.807, 2.05) is 6.20 Å². The molecule has 0 amide bonds.